The van der Waals surface area contributed by atoms with Crippen LogP contribution in [0.3, 0.4) is 0 Å². The molecule has 0 aliphatic carbocycles. The largest absolute Gasteiger partial charge is 0.416 e. The smallest absolute Gasteiger partial charge is 0.325 e. The third-order valence-corrected chi connectivity index (χ3v) is 4.64. The Morgan fingerprint density at radius 2 is 1.82 bits per heavy atom. The molecule has 0 saturated carbocycles. The number of nitrogens with one attached hydrogen (secondary N) is 1. The van der Waals surface area contributed by atoms with Crippen molar-refractivity contribution in [2.75, 3.05) is 38.0 Å². The van der Waals surface area contributed by atoms with Crippen molar-refractivity contribution < 1.29 is 18.0 Å². The lowest BCUT2D eigenvalue weighted by atomic mass is 10.2. The van der Waals surface area contributed by atoms with Gasteiger partial charge in [-0.15, -0.1) is 0 Å². The molecular formula is C20H23F3N4O. The Bertz CT molecular complexity index is 817. The van der Waals surface area contributed by atoms with Crippen LogP contribution >= 0.6 is 0 Å². The molecule has 0 bridgehead atoms. The van der Waals surface area contributed by atoms with Crippen LogP contribution < -0.4 is 5.32 Å². The van der Waals surface area contributed by atoms with Crippen molar-refractivity contribution in [3.63, 3.8) is 0 Å². The normalized spacial score (nSPS) is 16.1. The van der Waals surface area contributed by atoms with E-state index in [-0.39, 0.29) is 18.1 Å². The van der Waals surface area contributed by atoms with Gasteiger partial charge in [0.1, 0.15) is 0 Å². The van der Waals surface area contributed by atoms with Crippen LogP contribution in [-0.4, -0.2) is 53.4 Å². The highest BCUT2D eigenvalue weighted by atomic mass is 19.4. The molecule has 1 aromatic carbocycles. The SMILES string of the molecule is Cc1cncc(CN2CCN(CC(=O)Nc3cccc(C(F)(F)F)c3)CC2)c1. The van der Waals surface area contributed by atoms with Gasteiger partial charge in [0.05, 0.1) is 12.1 Å². The molecule has 1 amide bonds. The highest BCUT2D eigenvalue weighted by Gasteiger charge is 2.30. The Balaban J connectivity index is 1.46. The van der Waals surface area contributed by atoms with Gasteiger partial charge in [-0.05, 0) is 36.2 Å². The molecule has 8 heteroatoms. The molecule has 0 unspecified atom stereocenters. The van der Waals surface area contributed by atoms with Gasteiger partial charge in [-0.25, -0.2) is 0 Å². The number of nitrogens with zero attached hydrogens (tertiary/aromatic N) is 3. The predicted molar refractivity (Wildman–Crippen MR) is 101 cm³/mol. The number of pyridine rings is 1. The molecule has 2 heterocycles. The minimum atomic E-state index is -4.43. The number of anilines is 1. The maximum Gasteiger partial charge on any atom is 0.416 e. The van der Waals surface area contributed by atoms with E-state index in [0.29, 0.717) is 0 Å². The Labute approximate surface area is 162 Å². The summed E-state index contributed by atoms with van der Waals surface area (Å²) in [5, 5.41) is 2.56. The fourth-order valence-corrected chi connectivity index (χ4v) is 3.24. The van der Waals surface area contributed by atoms with Crippen molar-refractivity contribution in [1.29, 1.82) is 0 Å². The monoisotopic (exact) mass is 392 g/mol. The van der Waals surface area contributed by atoms with Gasteiger partial charge in [0.15, 0.2) is 0 Å². The molecule has 5 nitrogen and oxygen atoms in total. The molecule has 1 saturated heterocycles. The maximum atomic E-state index is 12.8. The lowest BCUT2D eigenvalue weighted by Crippen LogP contribution is -2.48. The number of halogens is 3. The summed E-state index contributed by atoms with van der Waals surface area (Å²) in [5.41, 5.74) is 1.67. The molecule has 1 aliphatic rings. The fraction of sp³-hybridized carbons (Fsp3) is 0.400. The molecule has 150 valence electrons. The molecule has 28 heavy (non-hydrogen) atoms. The zero-order valence-corrected chi connectivity index (χ0v) is 15.7. The number of hydrogen-bond acceptors (Lipinski definition) is 4. The first-order valence-corrected chi connectivity index (χ1v) is 9.12. The topological polar surface area (TPSA) is 48.5 Å². The third kappa shape index (κ3) is 5.77. The van der Waals surface area contributed by atoms with Gasteiger partial charge in [-0.1, -0.05) is 12.1 Å². The van der Waals surface area contributed by atoms with Gasteiger partial charge in [-0.3, -0.25) is 19.6 Å². The number of piperazine rings is 1. The quantitative estimate of drug-likeness (QED) is 0.849. The summed E-state index contributed by atoms with van der Waals surface area (Å²) in [6, 6.07) is 6.80. The predicted octanol–water partition coefficient (Wildman–Crippen LogP) is 3.17. The molecular weight excluding hydrogens is 369 g/mol. The van der Waals surface area contributed by atoms with E-state index in [2.05, 4.69) is 21.3 Å². The zero-order valence-electron chi connectivity index (χ0n) is 15.7. The van der Waals surface area contributed by atoms with Crippen molar-refractivity contribution in [1.82, 2.24) is 14.8 Å². The summed E-state index contributed by atoms with van der Waals surface area (Å²) in [7, 11) is 0. The van der Waals surface area contributed by atoms with Crippen LogP contribution in [0, 0.1) is 6.92 Å². The first-order valence-electron chi connectivity index (χ1n) is 9.12. The maximum absolute atomic E-state index is 12.8. The van der Waals surface area contributed by atoms with Gasteiger partial charge in [-0.2, -0.15) is 13.2 Å². The van der Waals surface area contributed by atoms with Crippen LogP contribution in [0.5, 0.6) is 0 Å². The fourth-order valence-electron chi connectivity index (χ4n) is 3.24. The van der Waals surface area contributed by atoms with Crippen molar-refractivity contribution in [3.05, 3.63) is 59.4 Å². The number of alkyl halides is 3. The number of aryl methyl sites for hydroxylation is 1. The Morgan fingerprint density at radius 1 is 1.11 bits per heavy atom. The lowest BCUT2D eigenvalue weighted by molar-refractivity contribution is -0.137. The summed E-state index contributed by atoms with van der Waals surface area (Å²) in [6.45, 7) is 6.10. The van der Waals surface area contributed by atoms with Crippen LogP contribution in [0.15, 0.2) is 42.7 Å². The highest BCUT2D eigenvalue weighted by Crippen LogP contribution is 2.30. The second-order valence-electron chi connectivity index (χ2n) is 7.05. The summed E-state index contributed by atoms with van der Waals surface area (Å²) in [4.78, 5) is 20.7. The standard InChI is InChI=1S/C20H23F3N4O/c1-15-9-16(12-24-11-15)13-26-5-7-27(8-6-26)14-19(28)25-18-4-2-3-17(10-18)20(21,22)23/h2-4,9-12H,5-8,13-14H2,1H3,(H,25,28). The van der Waals surface area contributed by atoms with E-state index in [9.17, 15) is 18.0 Å². The number of rotatable bonds is 5. The summed E-state index contributed by atoms with van der Waals surface area (Å²) in [6.07, 6.45) is -0.740. The van der Waals surface area contributed by atoms with E-state index in [4.69, 9.17) is 0 Å². The van der Waals surface area contributed by atoms with Crippen molar-refractivity contribution >= 4 is 11.6 Å². The lowest BCUT2D eigenvalue weighted by Gasteiger charge is -2.34. The average molecular weight is 392 g/mol. The van der Waals surface area contributed by atoms with E-state index in [1.54, 1.807) is 0 Å². The molecule has 0 radical (unpaired) electrons. The van der Waals surface area contributed by atoms with E-state index < -0.39 is 11.7 Å². The Morgan fingerprint density at radius 3 is 2.50 bits per heavy atom. The van der Waals surface area contributed by atoms with Gasteiger partial charge in [0.25, 0.3) is 0 Å². The Kier molecular flexibility index (Phi) is 6.31. The van der Waals surface area contributed by atoms with E-state index in [0.717, 1.165) is 56.0 Å². The number of carbonyl (C=O) groups is 1. The minimum absolute atomic E-state index is 0.158. The van der Waals surface area contributed by atoms with Crippen LogP contribution in [0.25, 0.3) is 0 Å². The number of aromatic nitrogens is 1. The number of carbonyl (C=O) groups excluding carboxylic acids is 1. The molecule has 1 N–H and O–H groups in total. The number of hydrogen-bond donors (Lipinski definition) is 1. The molecule has 1 aromatic heterocycles. The van der Waals surface area contributed by atoms with Gasteiger partial charge >= 0.3 is 6.18 Å². The van der Waals surface area contributed by atoms with E-state index in [1.165, 1.54) is 12.1 Å². The molecule has 1 aliphatic heterocycles. The van der Waals surface area contributed by atoms with E-state index >= 15 is 0 Å². The molecule has 1 fully saturated rings. The molecule has 0 spiro atoms. The second-order valence-corrected chi connectivity index (χ2v) is 7.05. The number of benzene rings is 1. The number of amides is 1. The minimum Gasteiger partial charge on any atom is -0.325 e. The molecule has 3 rings (SSSR count). The first kappa shape index (κ1) is 20.3. The molecule has 2 aromatic rings. The second kappa shape index (κ2) is 8.70. The van der Waals surface area contributed by atoms with Crippen LogP contribution in [0.1, 0.15) is 16.7 Å². The molecule has 0 atom stereocenters. The van der Waals surface area contributed by atoms with Crippen molar-refractivity contribution in [2.24, 2.45) is 0 Å². The van der Waals surface area contributed by atoms with Crippen LogP contribution in [0.4, 0.5) is 18.9 Å². The summed E-state index contributed by atoms with van der Waals surface area (Å²) >= 11 is 0. The van der Waals surface area contributed by atoms with Crippen LogP contribution in [0.2, 0.25) is 0 Å². The van der Waals surface area contributed by atoms with Gasteiger partial charge in [0, 0.05) is 50.8 Å². The summed E-state index contributed by atoms with van der Waals surface area (Å²) in [5.74, 6) is -0.310. The van der Waals surface area contributed by atoms with Crippen LogP contribution in [-0.2, 0) is 17.5 Å². The first-order chi connectivity index (χ1) is 13.3. The van der Waals surface area contributed by atoms with Crippen molar-refractivity contribution in [3.8, 4) is 0 Å². The average Bonchev–Trinajstić information content (AvgIpc) is 2.63. The highest BCUT2D eigenvalue weighted by molar-refractivity contribution is 5.92. The third-order valence-electron chi connectivity index (χ3n) is 4.64. The van der Waals surface area contributed by atoms with Gasteiger partial charge < -0.3 is 5.32 Å². The van der Waals surface area contributed by atoms with Crippen molar-refractivity contribution in [2.45, 2.75) is 19.6 Å². The summed E-state index contributed by atoms with van der Waals surface area (Å²) < 4.78 is 38.3. The zero-order chi connectivity index (χ0) is 20.1. The van der Waals surface area contributed by atoms with Gasteiger partial charge in [0.2, 0.25) is 5.91 Å². The Hall–Kier alpha value is -2.45. The van der Waals surface area contributed by atoms with E-state index in [1.807, 2.05) is 24.2 Å².